The number of rotatable bonds is 23. The maximum atomic E-state index is 10.3. The van der Waals surface area contributed by atoms with Crippen molar-refractivity contribution < 1.29 is 57.0 Å². The molecule has 0 amide bonds. The number of methoxy groups -OCH3 is 2. The molecule has 0 saturated carbocycles. The van der Waals surface area contributed by atoms with Gasteiger partial charge in [0, 0.05) is 61.5 Å². The second-order valence-corrected chi connectivity index (χ2v) is 25.4. The monoisotopic (exact) mass is 999 g/mol. The molecule has 13 heteroatoms. The average Bonchev–Trinajstić information content (AvgIpc) is 4.07. The molecule has 4 unspecified atom stereocenters. The van der Waals surface area contributed by atoms with E-state index in [1.54, 1.807) is 14.2 Å². The van der Waals surface area contributed by atoms with E-state index in [9.17, 15) is 10.2 Å². The van der Waals surface area contributed by atoms with Crippen LogP contribution in [0.3, 0.4) is 0 Å². The number of hydrogen-bond donors (Lipinski definition) is 3. The Kier molecular flexibility index (Phi) is 21.8. The molecule has 71 heavy (non-hydrogen) atoms. The average molecular weight is 999 g/mol. The molecule has 3 heterocycles. The molecular weight excluding hydrogens is 917 g/mol. The Labute approximate surface area is 423 Å². The summed E-state index contributed by atoms with van der Waals surface area (Å²) in [5.41, 5.74) is 3.71. The molecule has 0 radical (unpaired) electrons. The second kappa shape index (κ2) is 26.9. The van der Waals surface area contributed by atoms with E-state index >= 15 is 0 Å². The van der Waals surface area contributed by atoms with Crippen LogP contribution < -0.4 is 9.47 Å². The van der Waals surface area contributed by atoms with E-state index in [1.807, 2.05) is 131 Å². The standard InChI is InChI=1S/C28H40O5Si.C25H30O5.C5H12O2/c1-28(2,3)34(4,5)32-18-10-14-25(30)24(29)13-9-17-31-23-16-15-22-19-26(33-27(22)20-23)21-11-7-6-8-12-21;1-25(2)29-21(10-6-14-26)22(30-25)11-7-15-27-20-13-12-19-16-23(28-24(19)17-20)18-8-4-3-5-9-18;1-5(2,6-3)7-4/h6-8,11-12,15-16,19-20,24-25,29-30H,9-10,13-14,17-18H2,1-5H3;3-5,8-9,12-13,16-17,21-22,26H,6-7,10-11,14-15H2,1-2H3;1-4H3. The van der Waals surface area contributed by atoms with Crippen molar-refractivity contribution in [2.24, 2.45) is 0 Å². The van der Waals surface area contributed by atoms with Gasteiger partial charge in [-0.15, -0.1) is 0 Å². The summed E-state index contributed by atoms with van der Waals surface area (Å²) in [6.07, 6.45) is 4.28. The first-order valence-electron chi connectivity index (χ1n) is 25.2. The van der Waals surface area contributed by atoms with Crippen LogP contribution in [-0.2, 0) is 23.4 Å². The third kappa shape index (κ3) is 18.2. The highest BCUT2D eigenvalue weighted by Gasteiger charge is 2.40. The molecule has 3 N–H and O–H groups in total. The lowest BCUT2D eigenvalue weighted by Crippen LogP contribution is -2.41. The van der Waals surface area contributed by atoms with Crippen LogP contribution in [0, 0.1) is 0 Å². The van der Waals surface area contributed by atoms with Gasteiger partial charge in [0.05, 0.1) is 37.6 Å². The normalized spacial score (nSPS) is 16.8. The van der Waals surface area contributed by atoms with Gasteiger partial charge in [-0.1, -0.05) is 81.4 Å². The van der Waals surface area contributed by atoms with Crippen LogP contribution in [0.15, 0.2) is 118 Å². The molecule has 7 rings (SSSR count). The highest BCUT2D eigenvalue weighted by Crippen LogP contribution is 2.37. The van der Waals surface area contributed by atoms with Crippen LogP contribution in [0.1, 0.15) is 99.8 Å². The van der Waals surface area contributed by atoms with Gasteiger partial charge in [0.25, 0.3) is 0 Å². The van der Waals surface area contributed by atoms with Gasteiger partial charge in [0.1, 0.15) is 34.2 Å². The van der Waals surface area contributed by atoms with Crippen LogP contribution in [-0.4, -0.2) is 100 Å². The Morgan fingerprint density at radius 3 is 1.45 bits per heavy atom. The van der Waals surface area contributed by atoms with Crippen LogP contribution >= 0.6 is 0 Å². The fraction of sp³-hybridized carbons (Fsp3) is 0.517. The van der Waals surface area contributed by atoms with E-state index in [0.717, 1.165) is 88.2 Å². The lowest BCUT2D eigenvalue weighted by atomic mass is 10.0. The minimum Gasteiger partial charge on any atom is -0.493 e. The van der Waals surface area contributed by atoms with Gasteiger partial charge in [-0.3, -0.25) is 0 Å². The lowest BCUT2D eigenvalue weighted by Gasteiger charge is -2.36. The van der Waals surface area contributed by atoms with Crippen molar-refractivity contribution in [3.63, 3.8) is 0 Å². The van der Waals surface area contributed by atoms with E-state index in [1.165, 1.54) is 0 Å². The molecule has 6 aromatic rings. The van der Waals surface area contributed by atoms with E-state index in [-0.39, 0.29) is 23.9 Å². The predicted octanol–water partition coefficient (Wildman–Crippen LogP) is 13.3. The Balaban J connectivity index is 0.000000234. The van der Waals surface area contributed by atoms with E-state index in [0.29, 0.717) is 39.1 Å². The first kappa shape index (κ1) is 57.4. The smallest absolute Gasteiger partial charge is 0.191 e. The third-order valence-electron chi connectivity index (χ3n) is 13.2. The van der Waals surface area contributed by atoms with Gasteiger partial charge < -0.3 is 57.0 Å². The summed E-state index contributed by atoms with van der Waals surface area (Å²) in [6.45, 7) is 20.6. The van der Waals surface area contributed by atoms with Gasteiger partial charge in [0.15, 0.2) is 19.9 Å². The maximum Gasteiger partial charge on any atom is 0.191 e. The molecule has 0 spiro atoms. The summed E-state index contributed by atoms with van der Waals surface area (Å²) in [5.74, 6) is 2.25. The molecule has 1 aliphatic heterocycles. The lowest BCUT2D eigenvalue weighted by molar-refractivity contribution is -0.178. The Morgan fingerprint density at radius 2 is 1.03 bits per heavy atom. The van der Waals surface area contributed by atoms with Crippen LogP contribution in [0.4, 0.5) is 0 Å². The molecular formula is C58H82O12Si. The summed E-state index contributed by atoms with van der Waals surface area (Å²) < 4.78 is 51.7. The molecule has 0 bridgehead atoms. The molecule has 1 fully saturated rings. The first-order valence-corrected chi connectivity index (χ1v) is 28.1. The minimum atomic E-state index is -1.76. The van der Waals surface area contributed by atoms with Crippen LogP contribution in [0.2, 0.25) is 18.1 Å². The number of ether oxygens (including phenoxy) is 6. The van der Waals surface area contributed by atoms with E-state index in [2.05, 4.69) is 39.9 Å². The summed E-state index contributed by atoms with van der Waals surface area (Å²) in [4.78, 5) is 0. The van der Waals surface area contributed by atoms with Crippen molar-refractivity contribution in [1.82, 2.24) is 0 Å². The van der Waals surface area contributed by atoms with Crippen LogP contribution in [0.25, 0.3) is 44.6 Å². The zero-order chi connectivity index (χ0) is 51.7. The summed E-state index contributed by atoms with van der Waals surface area (Å²) in [6, 6.07) is 36.0. The third-order valence-corrected chi connectivity index (χ3v) is 17.7. The number of aliphatic hydroxyl groups is 3. The van der Waals surface area contributed by atoms with Gasteiger partial charge in [-0.2, -0.15) is 0 Å². The van der Waals surface area contributed by atoms with E-state index < -0.39 is 32.1 Å². The molecule has 4 atom stereocenters. The van der Waals surface area contributed by atoms with Crippen molar-refractivity contribution in [3.8, 4) is 34.1 Å². The molecule has 4 aromatic carbocycles. The molecule has 1 aliphatic rings. The van der Waals surface area contributed by atoms with Gasteiger partial charge in [-0.25, -0.2) is 0 Å². The Hall–Kier alpha value is -4.54. The van der Waals surface area contributed by atoms with Gasteiger partial charge in [0.2, 0.25) is 0 Å². The maximum absolute atomic E-state index is 10.3. The first-order chi connectivity index (χ1) is 33.7. The van der Waals surface area contributed by atoms with Crippen molar-refractivity contribution in [2.45, 2.75) is 154 Å². The minimum absolute atomic E-state index is 0.0306. The van der Waals surface area contributed by atoms with E-state index in [4.69, 9.17) is 46.8 Å². The van der Waals surface area contributed by atoms with Crippen molar-refractivity contribution in [1.29, 1.82) is 0 Å². The predicted molar refractivity (Wildman–Crippen MR) is 285 cm³/mol. The highest BCUT2D eigenvalue weighted by atomic mass is 28.4. The van der Waals surface area contributed by atoms with Crippen molar-refractivity contribution in [3.05, 3.63) is 109 Å². The Morgan fingerprint density at radius 1 is 0.592 bits per heavy atom. The number of furan rings is 2. The van der Waals surface area contributed by atoms with Crippen molar-refractivity contribution in [2.75, 3.05) is 40.6 Å². The molecule has 12 nitrogen and oxygen atoms in total. The van der Waals surface area contributed by atoms with Gasteiger partial charge >= 0.3 is 0 Å². The molecule has 390 valence electrons. The largest absolute Gasteiger partial charge is 0.493 e. The summed E-state index contributed by atoms with van der Waals surface area (Å²) in [7, 11) is 1.47. The zero-order valence-corrected chi connectivity index (χ0v) is 45.2. The van der Waals surface area contributed by atoms with Gasteiger partial charge in [-0.05, 0) is 134 Å². The fourth-order valence-corrected chi connectivity index (χ4v) is 8.73. The molecule has 1 saturated heterocycles. The van der Waals surface area contributed by atoms with Crippen LogP contribution in [0.5, 0.6) is 11.5 Å². The summed E-state index contributed by atoms with van der Waals surface area (Å²) >= 11 is 0. The molecule has 0 aliphatic carbocycles. The number of fused-ring (bicyclic) bond motifs is 2. The zero-order valence-electron chi connectivity index (χ0n) is 44.2. The highest BCUT2D eigenvalue weighted by molar-refractivity contribution is 6.74. The Bertz CT molecular complexity index is 2430. The van der Waals surface area contributed by atoms with Crippen molar-refractivity contribution >= 4 is 30.3 Å². The summed E-state index contributed by atoms with van der Waals surface area (Å²) in [5, 5.41) is 32.0. The number of aliphatic hydroxyl groups excluding tert-OH is 3. The number of benzene rings is 4. The fourth-order valence-electron chi connectivity index (χ4n) is 7.64. The number of hydrogen-bond acceptors (Lipinski definition) is 12. The quantitative estimate of drug-likeness (QED) is 0.0318. The topological polar surface area (TPSA) is 152 Å². The molecule has 2 aromatic heterocycles. The second-order valence-electron chi connectivity index (χ2n) is 20.6. The SMILES string of the molecule is CC(C)(C)[Si](C)(C)OCCCC(O)C(O)CCCOc1ccc2cc(-c3ccccc3)oc2c1.CC1(C)OC(CCCO)C(CCCOc2ccc3cc(-c4ccccc4)oc3c2)O1.COC(C)(C)OC.